The second kappa shape index (κ2) is 7.46. The van der Waals surface area contributed by atoms with E-state index in [1.165, 1.54) is 0 Å². The predicted octanol–water partition coefficient (Wildman–Crippen LogP) is 0.0701. The first-order valence-electron chi connectivity index (χ1n) is 5.42. The quantitative estimate of drug-likeness (QED) is 0.681. The van der Waals surface area contributed by atoms with Crippen LogP contribution in [-0.4, -0.2) is 49.7 Å². The van der Waals surface area contributed by atoms with Gasteiger partial charge >= 0.3 is 16.3 Å². The fraction of sp³-hybridized carbons (Fsp3) is 0.889. The van der Waals surface area contributed by atoms with Crippen molar-refractivity contribution in [2.45, 2.75) is 33.3 Å². The number of hydrogen-bond donors (Lipinski definition) is 2. The van der Waals surface area contributed by atoms with Crippen molar-refractivity contribution in [1.29, 1.82) is 0 Å². The maximum absolute atomic E-state index is 11.7. The normalized spacial score (nSPS) is 11.9. The minimum atomic E-state index is -3.89. The Bertz CT molecular complexity index is 328. The lowest BCUT2D eigenvalue weighted by molar-refractivity contribution is 0.121. The molecule has 0 rings (SSSR count). The van der Waals surface area contributed by atoms with Gasteiger partial charge in [-0.3, -0.25) is 0 Å². The third-order valence-corrected chi connectivity index (χ3v) is 3.36. The zero-order valence-corrected chi connectivity index (χ0v) is 11.2. The van der Waals surface area contributed by atoms with Gasteiger partial charge in [-0.1, -0.05) is 6.92 Å². The summed E-state index contributed by atoms with van der Waals surface area (Å²) < 4.78 is 30.9. The summed E-state index contributed by atoms with van der Waals surface area (Å²) in [5, 5.41) is 8.64. The van der Waals surface area contributed by atoms with Gasteiger partial charge in [0.25, 0.3) is 0 Å². The molecule has 0 unspecified atom stereocenters. The first-order valence-corrected chi connectivity index (χ1v) is 6.86. The summed E-state index contributed by atoms with van der Waals surface area (Å²) in [4.78, 5) is 11.2. The zero-order valence-electron chi connectivity index (χ0n) is 10.3. The molecule has 102 valence electrons. The summed E-state index contributed by atoms with van der Waals surface area (Å²) in [6.45, 7) is 5.14. The lowest BCUT2D eigenvalue weighted by Gasteiger charge is -2.20. The van der Waals surface area contributed by atoms with Gasteiger partial charge in [0.2, 0.25) is 0 Å². The van der Waals surface area contributed by atoms with Crippen molar-refractivity contribution >= 4 is 16.3 Å². The molecule has 0 aromatic rings. The van der Waals surface area contributed by atoms with Gasteiger partial charge in [0, 0.05) is 19.7 Å². The highest BCUT2D eigenvalue weighted by molar-refractivity contribution is 7.87. The summed E-state index contributed by atoms with van der Waals surface area (Å²) in [5.41, 5.74) is 0. The minimum Gasteiger partial charge on any atom is -0.446 e. The van der Waals surface area contributed by atoms with Gasteiger partial charge in [0.15, 0.2) is 0 Å². The van der Waals surface area contributed by atoms with Crippen LogP contribution in [0.1, 0.15) is 27.2 Å². The van der Waals surface area contributed by atoms with Crippen molar-refractivity contribution < 1.29 is 23.1 Å². The molecule has 0 bridgehead atoms. The molecule has 17 heavy (non-hydrogen) atoms. The number of hydrogen-bond acceptors (Lipinski definition) is 5. The first-order chi connectivity index (χ1) is 7.83. The molecule has 0 fully saturated rings. The first kappa shape index (κ1) is 16.1. The Morgan fingerprint density at radius 3 is 2.47 bits per heavy atom. The number of carbonyl (C=O) groups is 1. The standard InChI is InChI=1S/C9H20N2O5S/c1-4-11(6-5-7-12)17(14,15)10-9(13)16-8(2)3/h8,12H,4-7H2,1-3H3,(H,10,13). The molecular formula is C9H20N2O5S. The molecule has 0 aliphatic rings. The summed E-state index contributed by atoms with van der Waals surface area (Å²) in [7, 11) is -3.89. The van der Waals surface area contributed by atoms with Crippen LogP contribution in [0.5, 0.6) is 0 Å². The van der Waals surface area contributed by atoms with E-state index < -0.39 is 22.4 Å². The Labute approximate surface area is 102 Å². The minimum absolute atomic E-state index is 0.109. The number of aliphatic hydroxyl groups is 1. The molecule has 7 nitrogen and oxygen atoms in total. The maximum Gasteiger partial charge on any atom is 0.422 e. The van der Waals surface area contributed by atoms with Crippen molar-refractivity contribution in [3.05, 3.63) is 0 Å². The molecule has 0 atom stereocenters. The number of nitrogens with zero attached hydrogens (tertiary/aromatic N) is 1. The van der Waals surface area contributed by atoms with Crippen molar-refractivity contribution in [3.63, 3.8) is 0 Å². The van der Waals surface area contributed by atoms with E-state index in [9.17, 15) is 13.2 Å². The Balaban J connectivity index is 4.47. The largest absolute Gasteiger partial charge is 0.446 e. The lowest BCUT2D eigenvalue weighted by atomic mass is 10.4. The Kier molecular flexibility index (Phi) is 7.09. The number of carbonyl (C=O) groups excluding carboxylic acids is 1. The number of ether oxygens (including phenoxy) is 1. The fourth-order valence-corrected chi connectivity index (χ4v) is 2.20. The van der Waals surface area contributed by atoms with E-state index in [2.05, 4.69) is 4.74 Å². The SMILES string of the molecule is CCN(CCCO)S(=O)(=O)NC(=O)OC(C)C. The van der Waals surface area contributed by atoms with Crippen LogP contribution in [0.2, 0.25) is 0 Å². The summed E-state index contributed by atoms with van der Waals surface area (Å²) >= 11 is 0. The molecule has 2 N–H and O–H groups in total. The third kappa shape index (κ3) is 6.44. The lowest BCUT2D eigenvalue weighted by Crippen LogP contribution is -2.44. The molecule has 0 aliphatic carbocycles. The highest BCUT2D eigenvalue weighted by Gasteiger charge is 2.23. The molecule has 0 spiro atoms. The molecule has 0 radical (unpaired) electrons. The third-order valence-electron chi connectivity index (χ3n) is 1.81. The second-order valence-electron chi connectivity index (χ2n) is 3.63. The average Bonchev–Trinajstić information content (AvgIpc) is 2.15. The van der Waals surface area contributed by atoms with Crippen molar-refractivity contribution in [3.8, 4) is 0 Å². The van der Waals surface area contributed by atoms with E-state index >= 15 is 0 Å². The molecule has 0 saturated heterocycles. The van der Waals surface area contributed by atoms with E-state index in [1.807, 2.05) is 0 Å². The predicted molar refractivity (Wildman–Crippen MR) is 62.6 cm³/mol. The van der Waals surface area contributed by atoms with Gasteiger partial charge < -0.3 is 9.84 Å². The fourth-order valence-electron chi connectivity index (χ4n) is 1.10. The monoisotopic (exact) mass is 268 g/mol. The highest BCUT2D eigenvalue weighted by atomic mass is 32.2. The van der Waals surface area contributed by atoms with Crippen molar-refractivity contribution in [2.24, 2.45) is 0 Å². The summed E-state index contributed by atoms with van der Waals surface area (Å²) in [6, 6.07) is 0. The van der Waals surface area contributed by atoms with Crippen LogP contribution in [0, 0.1) is 0 Å². The van der Waals surface area contributed by atoms with Gasteiger partial charge in [-0.15, -0.1) is 0 Å². The van der Waals surface area contributed by atoms with Crippen molar-refractivity contribution in [1.82, 2.24) is 9.03 Å². The molecule has 0 aliphatic heterocycles. The van der Waals surface area contributed by atoms with Gasteiger partial charge in [-0.25, -0.2) is 9.52 Å². The maximum atomic E-state index is 11.7. The van der Waals surface area contributed by atoms with E-state index in [1.54, 1.807) is 25.5 Å². The van der Waals surface area contributed by atoms with Crippen LogP contribution in [0.25, 0.3) is 0 Å². The van der Waals surface area contributed by atoms with Gasteiger partial charge in [-0.05, 0) is 20.3 Å². The van der Waals surface area contributed by atoms with Gasteiger partial charge in [0.05, 0.1) is 6.10 Å². The Morgan fingerprint density at radius 2 is 2.06 bits per heavy atom. The zero-order chi connectivity index (χ0) is 13.5. The molecule has 0 aromatic heterocycles. The molecule has 0 saturated carbocycles. The number of aliphatic hydroxyl groups excluding tert-OH is 1. The smallest absolute Gasteiger partial charge is 0.422 e. The van der Waals surface area contributed by atoms with Crippen LogP contribution in [0.3, 0.4) is 0 Å². The van der Waals surface area contributed by atoms with E-state index in [4.69, 9.17) is 5.11 Å². The van der Waals surface area contributed by atoms with Gasteiger partial charge in [-0.2, -0.15) is 12.7 Å². The van der Waals surface area contributed by atoms with Crippen LogP contribution < -0.4 is 4.72 Å². The Morgan fingerprint density at radius 1 is 1.47 bits per heavy atom. The molecular weight excluding hydrogens is 248 g/mol. The molecule has 8 heteroatoms. The average molecular weight is 268 g/mol. The van der Waals surface area contributed by atoms with Crippen molar-refractivity contribution in [2.75, 3.05) is 19.7 Å². The molecule has 0 heterocycles. The number of rotatable bonds is 7. The van der Waals surface area contributed by atoms with Crippen LogP contribution in [0.4, 0.5) is 4.79 Å². The van der Waals surface area contributed by atoms with E-state index in [-0.39, 0.29) is 19.7 Å². The highest BCUT2D eigenvalue weighted by Crippen LogP contribution is 2.00. The van der Waals surface area contributed by atoms with Gasteiger partial charge in [0.1, 0.15) is 0 Å². The summed E-state index contributed by atoms with van der Waals surface area (Å²) in [6.07, 6.45) is -1.08. The second-order valence-corrected chi connectivity index (χ2v) is 5.30. The number of amides is 1. The van der Waals surface area contributed by atoms with Crippen LogP contribution >= 0.6 is 0 Å². The Hall–Kier alpha value is -0.860. The number of nitrogens with one attached hydrogen (secondary N) is 1. The van der Waals surface area contributed by atoms with Crippen LogP contribution in [0.15, 0.2) is 0 Å². The van der Waals surface area contributed by atoms with Crippen LogP contribution in [-0.2, 0) is 14.9 Å². The topological polar surface area (TPSA) is 95.9 Å². The van der Waals surface area contributed by atoms with E-state index in [0.717, 1.165) is 4.31 Å². The molecule has 1 amide bonds. The molecule has 0 aromatic carbocycles. The van der Waals surface area contributed by atoms with E-state index in [0.29, 0.717) is 6.42 Å². The summed E-state index contributed by atoms with van der Waals surface area (Å²) in [5.74, 6) is 0.